The Labute approximate surface area is 154 Å². The molecule has 0 aromatic heterocycles. The molecule has 142 valence electrons. The number of amides is 2. The van der Waals surface area contributed by atoms with E-state index in [4.69, 9.17) is 0 Å². The molecule has 7 nitrogen and oxygen atoms in total. The van der Waals surface area contributed by atoms with Crippen LogP contribution in [0.2, 0.25) is 0 Å². The molecule has 2 saturated heterocycles. The van der Waals surface area contributed by atoms with E-state index >= 15 is 0 Å². The Morgan fingerprint density at radius 1 is 1.19 bits per heavy atom. The summed E-state index contributed by atoms with van der Waals surface area (Å²) < 4.78 is 27.6. The number of carbonyl (C=O) groups is 2. The number of hydrogen-bond acceptors (Lipinski definition) is 4. The third-order valence-corrected chi connectivity index (χ3v) is 6.90. The van der Waals surface area contributed by atoms with E-state index in [9.17, 15) is 18.0 Å². The second-order valence-corrected chi connectivity index (χ2v) is 9.02. The second-order valence-electron chi connectivity index (χ2n) is 7.08. The third-order valence-electron chi connectivity index (χ3n) is 5.03. The highest BCUT2D eigenvalue weighted by Crippen LogP contribution is 2.26. The van der Waals surface area contributed by atoms with Gasteiger partial charge in [0.15, 0.2) is 0 Å². The average Bonchev–Trinajstić information content (AvgIpc) is 3.07. The van der Waals surface area contributed by atoms with E-state index in [1.54, 1.807) is 26.2 Å². The zero-order chi connectivity index (χ0) is 18.9. The molecule has 3 rings (SSSR count). The maximum absolute atomic E-state index is 13.1. The fourth-order valence-electron chi connectivity index (χ4n) is 3.65. The number of hydrogen-bond donors (Lipinski definition) is 0. The van der Waals surface area contributed by atoms with Crippen LogP contribution in [0.4, 0.5) is 0 Å². The van der Waals surface area contributed by atoms with Gasteiger partial charge in [0.25, 0.3) is 5.91 Å². The minimum Gasteiger partial charge on any atom is -0.345 e. The summed E-state index contributed by atoms with van der Waals surface area (Å²) >= 11 is 0. The SMILES string of the molecule is CN(C)C(=O)c1cccc(S(=O)(=O)N2CCC[C@@H](N3CCCC3=O)C2)c1. The summed E-state index contributed by atoms with van der Waals surface area (Å²) in [5, 5.41) is 0. The zero-order valence-corrected chi connectivity index (χ0v) is 16.0. The molecule has 0 unspecified atom stereocenters. The molecule has 8 heteroatoms. The van der Waals surface area contributed by atoms with Gasteiger partial charge in [0.1, 0.15) is 0 Å². The van der Waals surface area contributed by atoms with Crippen molar-refractivity contribution in [3.8, 4) is 0 Å². The van der Waals surface area contributed by atoms with Gasteiger partial charge in [0, 0.05) is 51.8 Å². The van der Waals surface area contributed by atoms with Crippen molar-refractivity contribution in [2.24, 2.45) is 0 Å². The first-order chi connectivity index (χ1) is 12.3. The van der Waals surface area contributed by atoms with Crippen molar-refractivity contribution in [3.05, 3.63) is 29.8 Å². The lowest BCUT2D eigenvalue weighted by Crippen LogP contribution is -2.50. The minimum atomic E-state index is -3.70. The highest BCUT2D eigenvalue weighted by atomic mass is 32.2. The largest absolute Gasteiger partial charge is 0.345 e. The Hall–Kier alpha value is -1.93. The van der Waals surface area contributed by atoms with Crippen LogP contribution >= 0.6 is 0 Å². The first-order valence-corrected chi connectivity index (χ1v) is 10.4. The van der Waals surface area contributed by atoms with E-state index in [0.29, 0.717) is 31.6 Å². The van der Waals surface area contributed by atoms with E-state index in [1.807, 2.05) is 4.90 Å². The monoisotopic (exact) mass is 379 g/mol. The van der Waals surface area contributed by atoms with Crippen molar-refractivity contribution in [1.82, 2.24) is 14.1 Å². The molecular formula is C18H25N3O4S. The highest BCUT2D eigenvalue weighted by Gasteiger charge is 2.36. The Morgan fingerprint density at radius 2 is 1.96 bits per heavy atom. The van der Waals surface area contributed by atoms with Gasteiger partial charge in [-0.25, -0.2) is 8.42 Å². The van der Waals surface area contributed by atoms with Gasteiger partial charge in [-0.15, -0.1) is 0 Å². The topological polar surface area (TPSA) is 78.0 Å². The van der Waals surface area contributed by atoms with Crippen LogP contribution < -0.4 is 0 Å². The Balaban J connectivity index is 1.82. The van der Waals surface area contributed by atoms with Crippen molar-refractivity contribution < 1.29 is 18.0 Å². The summed E-state index contributed by atoms with van der Waals surface area (Å²) in [5.41, 5.74) is 0.347. The maximum atomic E-state index is 13.1. The molecular weight excluding hydrogens is 354 g/mol. The molecule has 2 aliphatic heterocycles. The summed E-state index contributed by atoms with van der Waals surface area (Å²) in [5.74, 6) is -0.117. The van der Waals surface area contributed by atoms with Gasteiger partial charge in [-0.2, -0.15) is 4.31 Å². The Kier molecular flexibility index (Phi) is 5.34. The molecule has 0 saturated carbocycles. The fourth-order valence-corrected chi connectivity index (χ4v) is 5.21. The molecule has 0 radical (unpaired) electrons. The zero-order valence-electron chi connectivity index (χ0n) is 15.2. The first-order valence-electron chi connectivity index (χ1n) is 8.92. The standard InChI is InChI=1S/C18H25N3O4S/c1-19(2)18(23)14-6-3-8-16(12-14)26(24,25)20-10-4-7-15(13-20)21-11-5-9-17(21)22/h3,6,8,12,15H,4-5,7,9-11,13H2,1-2H3/t15-/m1/s1. The average molecular weight is 379 g/mol. The maximum Gasteiger partial charge on any atom is 0.253 e. The first kappa shape index (κ1) is 18.8. The van der Waals surface area contributed by atoms with Crippen LogP contribution in [0.5, 0.6) is 0 Å². The Bertz CT molecular complexity index is 806. The van der Waals surface area contributed by atoms with Crippen LogP contribution in [0.25, 0.3) is 0 Å². The molecule has 2 fully saturated rings. The molecule has 1 aromatic rings. The van der Waals surface area contributed by atoms with Crippen molar-refractivity contribution in [3.63, 3.8) is 0 Å². The third kappa shape index (κ3) is 3.61. The van der Waals surface area contributed by atoms with Crippen LogP contribution in [-0.2, 0) is 14.8 Å². The Morgan fingerprint density at radius 3 is 2.62 bits per heavy atom. The molecule has 1 atom stereocenters. The van der Waals surface area contributed by atoms with Crippen molar-refractivity contribution >= 4 is 21.8 Å². The summed E-state index contributed by atoms with van der Waals surface area (Å²) in [6.07, 6.45) is 2.95. The highest BCUT2D eigenvalue weighted by molar-refractivity contribution is 7.89. The molecule has 0 spiro atoms. The van der Waals surface area contributed by atoms with Crippen LogP contribution in [0, 0.1) is 0 Å². The van der Waals surface area contributed by atoms with Crippen LogP contribution in [0.1, 0.15) is 36.0 Å². The van der Waals surface area contributed by atoms with Gasteiger partial charge in [-0.05, 0) is 37.5 Å². The molecule has 2 heterocycles. The predicted octanol–water partition coefficient (Wildman–Crippen LogP) is 1.16. The molecule has 0 N–H and O–H groups in total. The fraction of sp³-hybridized carbons (Fsp3) is 0.556. The molecule has 26 heavy (non-hydrogen) atoms. The van der Waals surface area contributed by atoms with Crippen molar-refractivity contribution in [2.75, 3.05) is 33.7 Å². The van der Waals surface area contributed by atoms with E-state index < -0.39 is 10.0 Å². The lowest BCUT2D eigenvalue weighted by molar-refractivity contribution is -0.130. The lowest BCUT2D eigenvalue weighted by atomic mass is 10.1. The van der Waals surface area contributed by atoms with E-state index in [-0.39, 0.29) is 22.8 Å². The van der Waals surface area contributed by atoms with Crippen molar-refractivity contribution in [1.29, 1.82) is 0 Å². The molecule has 2 amide bonds. The summed E-state index contributed by atoms with van der Waals surface area (Å²) in [6.45, 7) is 1.47. The number of benzene rings is 1. The van der Waals surface area contributed by atoms with Crippen LogP contribution in [0.15, 0.2) is 29.2 Å². The number of piperidine rings is 1. The summed E-state index contributed by atoms with van der Waals surface area (Å²) in [6, 6.07) is 6.10. The minimum absolute atomic E-state index is 0.0554. The normalized spacial score (nSPS) is 21.8. The van der Waals surface area contributed by atoms with E-state index in [1.165, 1.54) is 21.3 Å². The molecule has 0 aliphatic carbocycles. The van der Waals surface area contributed by atoms with Crippen LogP contribution in [-0.4, -0.2) is 74.1 Å². The van der Waals surface area contributed by atoms with Crippen molar-refractivity contribution in [2.45, 2.75) is 36.6 Å². The second kappa shape index (κ2) is 7.36. The number of likely N-dealkylation sites (tertiary alicyclic amines) is 1. The summed E-state index contributed by atoms with van der Waals surface area (Å²) in [4.78, 5) is 27.5. The smallest absolute Gasteiger partial charge is 0.253 e. The molecule has 1 aromatic carbocycles. The molecule has 2 aliphatic rings. The van der Waals surface area contributed by atoms with E-state index in [2.05, 4.69) is 0 Å². The molecule has 0 bridgehead atoms. The van der Waals surface area contributed by atoms with Gasteiger partial charge in [0.2, 0.25) is 15.9 Å². The quantitative estimate of drug-likeness (QED) is 0.787. The van der Waals surface area contributed by atoms with Crippen LogP contribution in [0.3, 0.4) is 0 Å². The van der Waals surface area contributed by atoms with Gasteiger partial charge in [-0.3, -0.25) is 9.59 Å². The van der Waals surface area contributed by atoms with Gasteiger partial charge < -0.3 is 9.80 Å². The number of rotatable bonds is 4. The predicted molar refractivity (Wildman–Crippen MR) is 97.2 cm³/mol. The number of sulfonamides is 1. The summed E-state index contributed by atoms with van der Waals surface area (Å²) in [7, 11) is -0.438. The number of nitrogens with zero attached hydrogens (tertiary/aromatic N) is 3. The number of carbonyl (C=O) groups excluding carboxylic acids is 2. The van der Waals surface area contributed by atoms with Gasteiger partial charge in [0.05, 0.1) is 4.90 Å². The van der Waals surface area contributed by atoms with Gasteiger partial charge in [-0.1, -0.05) is 6.07 Å². The van der Waals surface area contributed by atoms with E-state index in [0.717, 1.165) is 19.3 Å². The van der Waals surface area contributed by atoms with Gasteiger partial charge >= 0.3 is 0 Å². The lowest BCUT2D eigenvalue weighted by Gasteiger charge is -2.36.